The van der Waals surface area contributed by atoms with Gasteiger partial charge in [-0.3, -0.25) is 14.9 Å². The van der Waals surface area contributed by atoms with Crippen LogP contribution in [0, 0.1) is 10.1 Å². The predicted octanol–water partition coefficient (Wildman–Crippen LogP) is 3.37. The Balaban J connectivity index is 2.49. The number of nitro groups is 1. The van der Waals surface area contributed by atoms with Crippen molar-refractivity contribution in [3.05, 3.63) is 63.4 Å². The summed E-state index contributed by atoms with van der Waals surface area (Å²) >= 11 is 6.35. The van der Waals surface area contributed by atoms with E-state index in [2.05, 4.69) is 0 Å². The molecular formula is C15H14ClNO4. The Morgan fingerprint density at radius 2 is 2.10 bits per heavy atom. The molecule has 0 saturated heterocycles. The second kappa shape index (κ2) is 5.69. The maximum absolute atomic E-state index is 12.7. The highest BCUT2D eigenvalue weighted by atomic mass is 35.5. The van der Waals surface area contributed by atoms with Crippen molar-refractivity contribution in [3.8, 4) is 5.75 Å². The van der Waals surface area contributed by atoms with Gasteiger partial charge in [-0.05, 0) is 31.6 Å². The number of alkyl halides is 1. The van der Waals surface area contributed by atoms with Gasteiger partial charge in [0.15, 0.2) is 5.78 Å². The van der Waals surface area contributed by atoms with E-state index in [4.69, 9.17) is 16.3 Å². The number of Topliss-reactive ketones (excluding diaryl/α,β-unsaturated/α-hetero) is 1. The van der Waals surface area contributed by atoms with Crippen LogP contribution in [0.5, 0.6) is 5.75 Å². The molecule has 0 saturated carbocycles. The number of carbonyl (C=O) groups excluding carboxylic acids is 1. The molecule has 0 N–H and O–H groups in total. The van der Waals surface area contributed by atoms with E-state index in [1.165, 1.54) is 19.3 Å². The number of hydrogen-bond donors (Lipinski definition) is 0. The van der Waals surface area contributed by atoms with Crippen LogP contribution in [0.4, 0.5) is 0 Å². The SMILES string of the molecule is COc1ccccc1C(=O)C1=CC([N+](=O)[O-])=CCC1(C)Cl. The van der Waals surface area contributed by atoms with E-state index in [-0.39, 0.29) is 23.5 Å². The molecule has 1 aliphatic rings. The van der Waals surface area contributed by atoms with E-state index in [1.54, 1.807) is 31.2 Å². The van der Waals surface area contributed by atoms with E-state index >= 15 is 0 Å². The van der Waals surface area contributed by atoms with Crippen LogP contribution in [-0.4, -0.2) is 22.7 Å². The number of carbonyl (C=O) groups is 1. The molecule has 0 bridgehead atoms. The second-order valence-corrected chi connectivity index (χ2v) is 5.71. The van der Waals surface area contributed by atoms with Gasteiger partial charge in [-0.1, -0.05) is 12.1 Å². The maximum atomic E-state index is 12.7. The molecule has 6 heteroatoms. The molecule has 21 heavy (non-hydrogen) atoms. The fourth-order valence-corrected chi connectivity index (χ4v) is 2.39. The van der Waals surface area contributed by atoms with Gasteiger partial charge in [0, 0.05) is 11.6 Å². The van der Waals surface area contributed by atoms with Gasteiger partial charge in [0.25, 0.3) is 5.70 Å². The van der Waals surface area contributed by atoms with Gasteiger partial charge in [0.1, 0.15) is 5.75 Å². The summed E-state index contributed by atoms with van der Waals surface area (Å²) in [4.78, 5) is 22.1. The summed E-state index contributed by atoms with van der Waals surface area (Å²) < 4.78 is 5.16. The summed E-state index contributed by atoms with van der Waals surface area (Å²) in [5.41, 5.74) is 0.414. The van der Waals surface area contributed by atoms with Crippen LogP contribution in [0.1, 0.15) is 23.7 Å². The highest BCUT2D eigenvalue weighted by molar-refractivity contribution is 6.31. The van der Waals surface area contributed by atoms with Gasteiger partial charge in [-0.2, -0.15) is 0 Å². The summed E-state index contributed by atoms with van der Waals surface area (Å²) in [7, 11) is 1.46. The smallest absolute Gasteiger partial charge is 0.266 e. The highest BCUT2D eigenvalue weighted by Crippen LogP contribution is 2.37. The number of benzene rings is 1. The summed E-state index contributed by atoms with van der Waals surface area (Å²) in [5.74, 6) is 0.0467. The normalized spacial score (nSPS) is 21.3. The molecule has 0 amide bonds. The Kier molecular flexibility index (Phi) is 4.14. The van der Waals surface area contributed by atoms with Crippen LogP contribution in [0.15, 0.2) is 47.7 Å². The lowest BCUT2D eigenvalue weighted by atomic mass is 9.85. The third kappa shape index (κ3) is 2.97. The summed E-state index contributed by atoms with van der Waals surface area (Å²) in [5, 5.41) is 10.9. The predicted molar refractivity (Wildman–Crippen MR) is 79.4 cm³/mol. The van der Waals surface area contributed by atoms with Crippen molar-refractivity contribution in [2.45, 2.75) is 18.2 Å². The number of allylic oxidation sites excluding steroid dienone is 3. The first kappa shape index (κ1) is 15.3. The number of rotatable bonds is 4. The van der Waals surface area contributed by atoms with Gasteiger partial charge >= 0.3 is 0 Å². The molecule has 0 heterocycles. The second-order valence-electron chi connectivity index (χ2n) is 4.88. The molecule has 1 aromatic carbocycles. The van der Waals surface area contributed by atoms with Crippen LogP contribution in [0.25, 0.3) is 0 Å². The topological polar surface area (TPSA) is 69.4 Å². The average molecular weight is 308 g/mol. The molecule has 1 atom stereocenters. The minimum Gasteiger partial charge on any atom is -0.496 e. The van der Waals surface area contributed by atoms with E-state index in [9.17, 15) is 14.9 Å². The number of hydrogen-bond acceptors (Lipinski definition) is 4. The van der Waals surface area contributed by atoms with E-state index in [1.807, 2.05) is 0 Å². The number of para-hydroxylation sites is 1. The molecule has 1 unspecified atom stereocenters. The Morgan fingerprint density at radius 1 is 1.43 bits per heavy atom. The zero-order valence-electron chi connectivity index (χ0n) is 11.6. The summed E-state index contributed by atoms with van der Waals surface area (Å²) in [6.45, 7) is 1.67. The number of halogens is 1. The van der Waals surface area contributed by atoms with E-state index in [0.717, 1.165) is 0 Å². The molecule has 5 nitrogen and oxygen atoms in total. The molecule has 0 aliphatic heterocycles. The third-order valence-corrected chi connectivity index (χ3v) is 3.71. The standard InChI is InChI=1S/C15H14ClNO4/c1-15(16)8-7-10(17(19)20)9-12(15)14(18)11-5-3-4-6-13(11)21-2/h3-7,9H,8H2,1-2H3. The summed E-state index contributed by atoms with van der Waals surface area (Å²) in [6.07, 6.45) is 2.88. The van der Waals surface area contributed by atoms with Gasteiger partial charge in [-0.25, -0.2) is 0 Å². The minimum atomic E-state index is -0.975. The van der Waals surface area contributed by atoms with E-state index < -0.39 is 9.80 Å². The van der Waals surface area contributed by atoms with E-state index in [0.29, 0.717) is 11.3 Å². The van der Waals surface area contributed by atoms with Gasteiger partial charge in [0.05, 0.1) is 22.5 Å². The van der Waals surface area contributed by atoms with Gasteiger partial charge < -0.3 is 4.74 Å². The zero-order chi connectivity index (χ0) is 15.6. The Bertz CT molecular complexity index is 661. The Morgan fingerprint density at radius 3 is 2.71 bits per heavy atom. The minimum absolute atomic E-state index is 0.119. The fraction of sp³-hybridized carbons (Fsp3) is 0.267. The van der Waals surface area contributed by atoms with Gasteiger partial charge in [0.2, 0.25) is 0 Å². The quantitative estimate of drug-likeness (QED) is 0.370. The number of methoxy groups -OCH3 is 1. The van der Waals surface area contributed by atoms with Gasteiger partial charge in [-0.15, -0.1) is 11.6 Å². The number of ether oxygens (including phenoxy) is 1. The molecule has 2 rings (SSSR count). The van der Waals surface area contributed by atoms with Crippen molar-refractivity contribution in [2.24, 2.45) is 0 Å². The molecular weight excluding hydrogens is 294 g/mol. The third-order valence-electron chi connectivity index (χ3n) is 3.36. The molecule has 1 aliphatic carbocycles. The van der Waals surface area contributed by atoms with Crippen LogP contribution in [0.3, 0.4) is 0 Å². The van der Waals surface area contributed by atoms with Crippen molar-refractivity contribution in [1.82, 2.24) is 0 Å². The molecule has 0 radical (unpaired) electrons. The largest absolute Gasteiger partial charge is 0.496 e. The Labute approximate surface area is 127 Å². The van der Waals surface area contributed by atoms with Crippen molar-refractivity contribution in [2.75, 3.05) is 7.11 Å². The van der Waals surface area contributed by atoms with Crippen molar-refractivity contribution < 1.29 is 14.5 Å². The number of nitrogens with zero attached hydrogens (tertiary/aromatic N) is 1. The molecule has 1 aromatic rings. The highest BCUT2D eigenvalue weighted by Gasteiger charge is 2.36. The maximum Gasteiger partial charge on any atom is 0.266 e. The zero-order valence-corrected chi connectivity index (χ0v) is 12.4. The Hall–Kier alpha value is -2.14. The van der Waals surface area contributed by atoms with Crippen LogP contribution >= 0.6 is 11.6 Å². The molecule has 110 valence electrons. The monoisotopic (exact) mass is 307 g/mol. The molecule has 0 fully saturated rings. The molecule has 0 spiro atoms. The number of ketones is 1. The van der Waals surface area contributed by atoms with Crippen molar-refractivity contribution in [1.29, 1.82) is 0 Å². The van der Waals surface area contributed by atoms with Crippen molar-refractivity contribution >= 4 is 17.4 Å². The van der Waals surface area contributed by atoms with Crippen molar-refractivity contribution in [3.63, 3.8) is 0 Å². The van der Waals surface area contributed by atoms with Crippen LogP contribution in [0.2, 0.25) is 0 Å². The molecule has 0 aromatic heterocycles. The lowest BCUT2D eigenvalue weighted by Gasteiger charge is -2.26. The first-order valence-electron chi connectivity index (χ1n) is 6.30. The lowest BCUT2D eigenvalue weighted by Crippen LogP contribution is -2.28. The summed E-state index contributed by atoms with van der Waals surface area (Å²) in [6, 6.07) is 6.72. The van der Waals surface area contributed by atoms with Crippen LogP contribution in [-0.2, 0) is 0 Å². The lowest BCUT2D eigenvalue weighted by molar-refractivity contribution is -0.419. The fourth-order valence-electron chi connectivity index (χ4n) is 2.17. The first-order chi connectivity index (χ1) is 9.86. The van der Waals surface area contributed by atoms with Crippen LogP contribution < -0.4 is 4.74 Å². The first-order valence-corrected chi connectivity index (χ1v) is 6.68. The average Bonchev–Trinajstić information content (AvgIpc) is 2.46.